The number of methoxy groups -OCH3 is 2. The third kappa shape index (κ3) is 7.81. The van der Waals surface area contributed by atoms with Crippen molar-refractivity contribution >= 4 is 86.3 Å². The van der Waals surface area contributed by atoms with Gasteiger partial charge in [0.15, 0.2) is 5.11 Å². The van der Waals surface area contributed by atoms with Gasteiger partial charge in [0.1, 0.15) is 17.7 Å². The van der Waals surface area contributed by atoms with E-state index < -0.39 is 9.96 Å². The Kier molecular flexibility index (Phi) is 9.55. The zero-order valence-corrected chi connectivity index (χ0v) is 21.2. The van der Waals surface area contributed by atoms with Crippen LogP contribution in [0.3, 0.4) is 0 Å². The summed E-state index contributed by atoms with van der Waals surface area (Å²) in [5.74, 6) is 0.738. The Morgan fingerprint density at radius 1 is 1.10 bits per heavy atom. The van der Waals surface area contributed by atoms with Crippen molar-refractivity contribution < 1.29 is 14.3 Å². The number of hydrogen-bond donors (Lipinski definition) is 3. The van der Waals surface area contributed by atoms with Gasteiger partial charge in [-0.3, -0.25) is 4.79 Å². The molecule has 0 heterocycles. The standard InChI is InChI=1S/C19H19Cl3IN3O3S/c1-28-14-8-3-11(15(10-14)29-2)9-16(27)25-17(19(20,21)22)26-18(30)24-13-6-4-12(23)5-7-13/h3-8,10,17H,9H2,1-2H3,(H,25,27)(H2,24,26,30). The highest BCUT2D eigenvalue weighted by molar-refractivity contribution is 14.1. The highest BCUT2D eigenvalue weighted by Gasteiger charge is 2.34. The smallest absolute Gasteiger partial charge is 0.228 e. The summed E-state index contributed by atoms with van der Waals surface area (Å²) < 4.78 is 9.71. The van der Waals surface area contributed by atoms with Crippen molar-refractivity contribution in [1.82, 2.24) is 10.6 Å². The summed E-state index contributed by atoms with van der Waals surface area (Å²) in [7, 11) is 3.06. The number of alkyl halides is 3. The molecule has 0 saturated carbocycles. The Balaban J connectivity index is 2.04. The predicted molar refractivity (Wildman–Crippen MR) is 134 cm³/mol. The molecule has 0 aromatic heterocycles. The molecular weight excluding hydrogens is 584 g/mol. The van der Waals surface area contributed by atoms with Gasteiger partial charge in [-0.15, -0.1) is 0 Å². The molecule has 1 amide bonds. The quantitative estimate of drug-likeness (QED) is 0.186. The molecule has 0 aliphatic rings. The van der Waals surface area contributed by atoms with Crippen molar-refractivity contribution in [3.8, 4) is 11.5 Å². The molecule has 0 bridgehead atoms. The van der Waals surface area contributed by atoms with E-state index in [1.54, 1.807) is 25.3 Å². The van der Waals surface area contributed by atoms with Crippen LogP contribution in [0.2, 0.25) is 0 Å². The molecule has 30 heavy (non-hydrogen) atoms. The van der Waals surface area contributed by atoms with E-state index in [0.717, 1.165) is 9.26 Å². The van der Waals surface area contributed by atoms with Gasteiger partial charge >= 0.3 is 0 Å². The lowest BCUT2D eigenvalue weighted by atomic mass is 10.1. The summed E-state index contributed by atoms with van der Waals surface area (Å²) in [6, 6.07) is 12.7. The third-order valence-corrected chi connectivity index (χ3v) is 5.45. The van der Waals surface area contributed by atoms with Gasteiger partial charge in [0.05, 0.1) is 20.6 Å². The number of amides is 1. The van der Waals surface area contributed by atoms with Crippen LogP contribution in [0.1, 0.15) is 5.56 Å². The van der Waals surface area contributed by atoms with Gasteiger partial charge < -0.3 is 25.4 Å². The minimum absolute atomic E-state index is 0.00338. The molecule has 162 valence electrons. The summed E-state index contributed by atoms with van der Waals surface area (Å²) >= 11 is 25.6. The molecule has 0 saturated heterocycles. The summed E-state index contributed by atoms with van der Waals surface area (Å²) in [5, 5.41) is 8.64. The van der Waals surface area contributed by atoms with Gasteiger partial charge in [-0.1, -0.05) is 40.9 Å². The van der Waals surface area contributed by atoms with Crippen LogP contribution in [0.25, 0.3) is 0 Å². The molecule has 0 aliphatic heterocycles. The Morgan fingerprint density at radius 2 is 1.77 bits per heavy atom. The van der Waals surface area contributed by atoms with E-state index in [9.17, 15) is 4.79 Å². The number of thiocarbonyl (C=S) groups is 1. The second-order valence-corrected chi connectivity index (χ2v) is 10.0. The number of benzene rings is 2. The number of hydrogen-bond acceptors (Lipinski definition) is 4. The first kappa shape index (κ1) is 25.1. The lowest BCUT2D eigenvalue weighted by Gasteiger charge is -2.28. The van der Waals surface area contributed by atoms with Crippen molar-refractivity contribution in [2.24, 2.45) is 0 Å². The van der Waals surface area contributed by atoms with E-state index in [2.05, 4.69) is 38.5 Å². The van der Waals surface area contributed by atoms with E-state index in [1.807, 2.05) is 24.3 Å². The van der Waals surface area contributed by atoms with E-state index in [4.69, 9.17) is 56.5 Å². The number of anilines is 1. The van der Waals surface area contributed by atoms with Crippen molar-refractivity contribution in [3.63, 3.8) is 0 Å². The zero-order valence-electron chi connectivity index (χ0n) is 16.0. The van der Waals surface area contributed by atoms with Crippen molar-refractivity contribution in [1.29, 1.82) is 0 Å². The van der Waals surface area contributed by atoms with Gasteiger partial charge in [0, 0.05) is 20.9 Å². The maximum Gasteiger partial charge on any atom is 0.228 e. The highest BCUT2D eigenvalue weighted by Crippen LogP contribution is 2.30. The van der Waals surface area contributed by atoms with Crippen molar-refractivity contribution in [3.05, 3.63) is 51.6 Å². The number of rotatable bonds is 7. The fraction of sp³-hybridized carbons (Fsp3) is 0.263. The maximum atomic E-state index is 12.6. The fourth-order valence-corrected chi connectivity index (χ4v) is 3.34. The van der Waals surface area contributed by atoms with Crippen LogP contribution >= 0.6 is 69.6 Å². The first-order valence-corrected chi connectivity index (χ1v) is 11.1. The number of ether oxygens (including phenoxy) is 2. The minimum Gasteiger partial charge on any atom is -0.497 e. The molecule has 2 aromatic rings. The molecule has 0 fully saturated rings. The number of carbonyl (C=O) groups is 1. The monoisotopic (exact) mass is 601 g/mol. The number of nitrogens with one attached hydrogen (secondary N) is 3. The fourth-order valence-electron chi connectivity index (χ4n) is 2.41. The van der Waals surface area contributed by atoms with Crippen LogP contribution < -0.4 is 25.4 Å². The second kappa shape index (κ2) is 11.4. The largest absolute Gasteiger partial charge is 0.497 e. The van der Waals surface area contributed by atoms with Crippen LogP contribution in [0.4, 0.5) is 5.69 Å². The Labute approximate surface area is 209 Å². The lowest BCUT2D eigenvalue weighted by molar-refractivity contribution is -0.121. The molecule has 0 aliphatic carbocycles. The van der Waals surface area contributed by atoms with E-state index in [-0.39, 0.29) is 17.4 Å². The summed E-state index contributed by atoms with van der Waals surface area (Å²) in [5.41, 5.74) is 1.41. The van der Waals surface area contributed by atoms with Crippen LogP contribution in [-0.4, -0.2) is 35.2 Å². The van der Waals surface area contributed by atoms with Crippen LogP contribution in [0.5, 0.6) is 11.5 Å². The van der Waals surface area contributed by atoms with E-state index in [1.165, 1.54) is 7.11 Å². The zero-order chi connectivity index (χ0) is 22.3. The Bertz CT molecular complexity index is 895. The van der Waals surface area contributed by atoms with Gasteiger partial charge in [-0.05, 0) is 65.1 Å². The van der Waals surface area contributed by atoms with Gasteiger partial charge in [-0.2, -0.15) is 0 Å². The first-order chi connectivity index (χ1) is 14.1. The van der Waals surface area contributed by atoms with E-state index >= 15 is 0 Å². The molecule has 2 rings (SSSR count). The normalized spacial score (nSPS) is 11.9. The summed E-state index contributed by atoms with van der Waals surface area (Å²) in [4.78, 5) is 12.6. The predicted octanol–water partition coefficient (Wildman–Crippen LogP) is 4.65. The minimum atomic E-state index is -1.85. The van der Waals surface area contributed by atoms with Crippen LogP contribution in [0, 0.1) is 3.57 Å². The molecule has 6 nitrogen and oxygen atoms in total. The average molecular weight is 603 g/mol. The topological polar surface area (TPSA) is 71.6 Å². The average Bonchev–Trinajstić information content (AvgIpc) is 2.68. The van der Waals surface area contributed by atoms with Crippen LogP contribution in [-0.2, 0) is 11.2 Å². The molecule has 1 atom stereocenters. The summed E-state index contributed by atoms with van der Waals surface area (Å²) in [6.45, 7) is 0. The van der Waals surface area contributed by atoms with Crippen molar-refractivity contribution in [2.75, 3.05) is 19.5 Å². The van der Waals surface area contributed by atoms with Crippen LogP contribution in [0.15, 0.2) is 42.5 Å². The molecule has 1 unspecified atom stereocenters. The summed E-state index contributed by atoms with van der Waals surface area (Å²) in [6.07, 6.45) is -1.06. The Hall–Kier alpha value is -1.20. The molecule has 0 radical (unpaired) electrons. The SMILES string of the molecule is COc1ccc(CC(=O)NC(NC(=S)Nc2ccc(I)cc2)C(Cl)(Cl)Cl)c(OC)c1. The molecule has 0 spiro atoms. The molecule has 11 heteroatoms. The lowest BCUT2D eigenvalue weighted by Crippen LogP contribution is -2.56. The van der Waals surface area contributed by atoms with Gasteiger partial charge in [0.2, 0.25) is 9.70 Å². The first-order valence-electron chi connectivity index (χ1n) is 8.52. The maximum absolute atomic E-state index is 12.6. The number of halogens is 4. The third-order valence-electron chi connectivity index (χ3n) is 3.86. The molecular formula is C19H19Cl3IN3O3S. The molecule has 3 N–H and O–H groups in total. The van der Waals surface area contributed by atoms with Gasteiger partial charge in [0.25, 0.3) is 0 Å². The van der Waals surface area contributed by atoms with Crippen molar-refractivity contribution in [2.45, 2.75) is 16.4 Å². The molecule has 2 aromatic carbocycles. The van der Waals surface area contributed by atoms with E-state index in [0.29, 0.717) is 17.1 Å². The Morgan fingerprint density at radius 3 is 2.33 bits per heavy atom. The second-order valence-electron chi connectivity index (χ2n) is 6.00. The number of carbonyl (C=O) groups excluding carboxylic acids is 1. The van der Waals surface area contributed by atoms with Gasteiger partial charge in [-0.25, -0.2) is 0 Å². The highest BCUT2D eigenvalue weighted by atomic mass is 127.